The van der Waals surface area contributed by atoms with E-state index in [2.05, 4.69) is 29.8 Å². The molecule has 4 nitrogen and oxygen atoms in total. The normalized spacial score (nSPS) is 10.3. The Balaban J connectivity index is 2.18. The molecule has 1 aromatic heterocycles. The molecule has 20 heavy (non-hydrogen) atoms. The second-order valence-corrected chi connectivity index (χ2v) is 5.46. The fraction of sp³-hybridized carbons (Fsp3) is 0.200. The Hall–Kier alpha value is -1.88. The van der Waals surface area contributed by atoms with Crippen LogP contribution in [0, 0.1) is 24.7 Å². The molecule has 0 aliphatic rings. The molecule has 0 radical (unpaired) electrons. The minimum Gasteiger partial charge on any atom is -0.489 e. The Kier molecular flexibility index (Phi) is 4.39. The molecule has 2 aromatic rings. The van der Waals surface area contributed by atoms with Gasteiger partial charge in [-0.25, -0.2) is 0 Å². The molecular weight excluding hydrogens is 318 g/mol. The first-order valence-corrected chi connectivity index (χ1v) is 6.96. The average molecular weight is 334 g/mol. The van der Waals surface area contributed by atoms with Gasteiger partial charge in [-0.2, -0.15) is 0 Å². The largest absolute Gasteiger partial charge is 0.489 e. The molecule has 0 bridgehead atoms. The van der Waals surface area contributed by atoms with E-state index in [1.807, 2.05) is 18.2 Å². The van der Waals surface area contributed by atoms with Crippen molar-refractivity contribution in [3.63, 3.8) is 0 Å². The van der Waals surface area contributed by atoms with Crippen molar-refractivity contribution in [3.8, 4) is 5.75 Å². The van der Waals surface area contributed by atoms with E-state index < -0.39 is 0 Å². The molecule has 104 valence electrons. The number of benzene rings is 1. The molecular formula is C15H16BrN3O. The van der Waals surface area contributed by atoms with Crippen LogP contribution in [0.25, 0.3) is 0 Å². The number of halogens is 1. The summed E-state index contributed by atoms with van der Waals surface area (Å²) in [5.41, 5.74) is 3.56. The summed E-state index contributed by atoms with van der Waals surface area (Å²) in [6.07, 6.45) is 2.79. The molecule has 1 heterocycles. The fourth-order valence-electron chi connectivity index (χ4n) is 1.77. The van der Waals surface area contributed by atoms with Crippen molar-refractivity contribution in [1.82, 2.24) is 4.57 Å². The summed E-state index contributed by atoms with van der Waals surface area (Å²) in [5.74, 6) is 0.815. The van der Waals surface area contributed by atoms with Crippen molar-refractivity contribution in [2.24, 2.45) is 0 Å². The SMILES string of the molecule is Cc1ccc(OCc2cc(=N)n(C=N)cc2Br)cc1C. The van der Waals surface area contributed by atoms with Gasteiger partial charge >= 0.3 is 0 Å². The molecule has 1 aromatic carbocycles. The van der Waals surface area contributed by atoms with Gasteiger partial charge in [0.25, 0.3) is 0 Å². The number of hydrogen-bond donors (Lipinski definition) is 2. The number of ether oxygens (including phenoxy) is 1. The van der Waals surface area contributed by atoms with Gasteiger partial charge in [0.1, 0.15) is 17.8 Å². The summed E-state index contributed by atoms with van der Waals surface area (Å²) < 4.78 is 8.00. The number of hydrogen-bond acceptors (Lipinski definition) is 3. The summed E-state index contributed by atoms with van der Waals surface area (Å²) in [6.45, 7) is 4.50. The number of rotatable bonds is 4. The maximum atomic E-state index is 7.79. The molecule has 0 unspecified atom stereocenters. The highest BCUT2D eigenvalue weighted by Gasteiger charge is 2.04. The standard InChI is InChI=1S/C15H16BrN3O/c1-10-3-4-13(5-11(10)2)20-8-12-6-15(18)19(9-17)7-14(12)16/h3-7,9,17-18H,8H2,1-2H3. The third-order valence-electron chi connectivity index (χ3n) is 3.16. The quantitative estimate of drug-likeness (QED) is 0.653. The first kappa shape index (κ1) is 14.5. The van der Waals surface area contributed by atoms with Gasteiger partial charge < -0.3 is 4.74 Å². The smallest absolute Gasteiger partial charge is 0.130 e. The van der Waals surface area contributed by atoms with E-state index in [0.29, 0.717) is 6.61 Å². The predicted molar refractivity (Wildman–Crippen MR) is 82.4 cm³/mol. The highest BCUT2D eigenvalue weighted by Crippen LogP contribution is 2.20. The zero-order chi connectivity index (χ0) is 14.7. The molecule has 0 atom stereocenters. The van der Waals surface area contributed by atoms with E-state index in [-0.39, 0.29) is 5.49 Å². The van der Waals surface area contributed by atoms with Crippen molar-refractivity contribution < 1.29 is 4.74 Å². The number of nitrogens with zero attached hydrogens (tertiary/aromatic N) is 1. The predicted octanol–water partition coefficient (Wildman–Crippen LogP) is 3.38. The average Bonchev–Trinajstić information content (AvgIpc) is 2.43. The Bertz CT molecular complexity index is 707. The van der Waals surface area contributed by atoms with E-state index in [1.165, 1.54) is 15.7 Å². The van der Waals surface area contributed by atoms with Gasteiger partial charge in [0, 0.05) is 16.2 Å². The zero-order valence-electron chi connectivity index (χ0n) is 11.4. The van der Waals surface area contributed by atoms with Gasteiger partial charge in [-0.05, 0) is 59.1 Å². The van der Waals surface area contributed by atoms with Crippen molar-refractivity contribution in [2.75, 3.05) is 0 Å². The van der Waals surface area contributed by atoms with Crippen LogP contribution in [0.4, 0.5) is 0 Å². The molecule has 0 aliphatic heterocycles. The molecule has 0 saturated carbocycles. The number of aryl methyl sites for hydroxylation is 2. The number of aromatic nitrogens is 1. The summed E-state index contributed by atoms with van der Waals surface area (Å²) >= 11 is 3.43. The monoisotopic (exact) mass is 333 g/mol. The lowest BCUT2D eigenvalue weighted by Gasteiger charge is -2.10. The molecule has 0 fully saturated rings. The van der Waals surface area contributed by atoms with E-state index in [1.54, 1.807) is 12.3 Å². The van der Waals surface area contributed by atoms with Crippen molar-refractivity contribution in [3.05, 3.63) is 57.1 Å². The first-order valence-electron chi connectivity index (χ1n) is 6.17. The highest BCUT2D eigenvalue weighted by atomic mass is 79.9. The van der Waals surface area contributed by atoms with Crippen LogP contribution in [0.15, 0.2) is 34.9 Å². The lowest BCUT2D eigenvalue weighted by Crippen LogP contribution is -2.19. The van der Waals surface area contributed by atoms with E-state index in [4.69, 9.17) is 15.6 Å². The van der Waals surface area contributed by atoms with Crippen LogP contribution in [0.2, 0.25) is 0 Å². The lowest BCUT2D eigenvalue weighted by atomic mass is 10.1. The van der Waals surface area contributed by atoms with Crippen LogP contribution < -0.4 is 10.2 Å². The maximum absolute atomic E-state index is 7.79. The molecule has 0 saturated heterocycles. The summed E-state index contributed by atoms with van der Waals surface area (Å²) in [6, 6.07) is 7.67. The summed E-state index contributed by atoms with van der Waals surface area (Å²) in [7, 11) is 0. The number of pyridine rings is 1. The Morgan fingerprint density at radius 3 is 2.65 bits per heavy atom. The third kappa shape index (κ3) is 3.17. The van der Waals surface area contributed by atoms with Crippen molar-refractivity contribution >= 4 is 22.3 Å². The highest BCUT2D eigenvalue weighted by molar-refractivity contribution is 9.10. The van der Waals surface area contributed by atoms with Crippen molar-refractivity contribution in [2.45, 2.75) is 20.5 Å². The molecule has 2 N–H and O–H groups in total. The van der Waals surface area contributed by atoms with Crippen LogP contribution in [0.5, 0.6) is 5.75 Å². The van der Waals surface area contributed by atoms with Crippen LogP contribution in [-0.4, -0.2) is 10.9 Å². The van der Waals surface area contributed by atoms with Gasteiger partial charge in [0.15, 0.2) is 0 Å². The second kappa shape index (κ2) is 6.05. The van der Waals surface area contributed by atoms with Gasteiger partial charge in [-0.15, -0.1) is 0 Å². The molecule has 2 rings (SSSR count). The van der Waals surface area contributed by atoms with Crippen molar-refractivity contribution in [1.29, 1.82) is 10.8 Å². The third-order valence-corrected chi connectivity index (χ3v) is 3.87. The molecule has 0 aliphatic carbocycles. The van der Waals surface area contributed by atoms with Crippen LogP contribution in [-0.2, 0) is 6.61 Å². The molecule has 0 amide bonds. The molecule has 5 heteroatoms. The fourth-order valence-corrected chi connectivity index (χ4v) is 2.21. The number of nitrogens with one attached hydrogen (secondary N) is 2. The first-order chi connectivity index (χ1) is 9.51. The van der Waals surface area contributed by atoms with Crippen LogP contribution in [0.1, 0.15) is 16.7 Å². The minimum absolute atomic E-state index is 0.252. The van der Waals surface area contributed by atoms with E-state index in [9.17, 15) is 0 Å². The van der Waals surface area contributed by atoms with Gasteiger partial charge in [-0.1, -0.05) is 6.07 Å². The molecule has 0 spiro atoms. The van der Waals surface area contributed by atoms with E-state index >= 15 is 0 Å². The Labute approximate surface area is 126 Å². The summed E-state index contributed by atoms with van der Waals surface area (Å²) in [4.78, 5) is 0. The topological polar surface area (TPSA) is 61.9 Å². The van der Waals surface area contributed by atoms with Crippen LogP contribution in [0.3, 0.4) is 0 Å². The Morgan fingerprint density at radius 2 is 2.00 bits per heavy atom. The second-order valence-electron chi connectivity index (χ2n) is 4.60. The lowest BCUT2D eigenvalue weighted by molar-refractivity contribution is 0.304. The van der Waals surface area contributed by atoms with Crippen LogP contribution >= 0.6 is 15.9 Å². The Morgan fingerprint density at radius 1 is 1.25 bits per heavy atom. The van der Waals surface area contributed by atoms with Gasteiger partial charge in [-0.3, -0.25) is 15.4 Å². The van der Waals surface area contributed by atoms with Gasteiger partial charge in [0.05, 0.1) is 6.34 Å². The van der Waals surface area contributed by atoms with Gasteiger partial charge in [0.2, 0.25) is 0 Å². The maximum Gasteiger partial charge on any atom is 0.130 e. The zero-order valence-corrected chi connectivity index (χ0v) is 13.0. The minimum atomic E-state index is 0.252. The van der Waals surface area contributed by atoms with E-state index in [0.717, 1.165) is 22.1 Å². The summed E-state index contributed by atoms with van der Waals surface area (Å²) in [5, 5.41) is 15.0.